The van der Waals surface area contributed by atoms with E-state index in [0.29, 0.717) is 30.0 Å². The smallest absolute Gasteiger partial charge is 0.229 e. The van der Waals surface area contributed by atoms with Crippen LogP contribution in [-0.4, -0.2) is 51.6 Å². The minimum absolute atomic E-state index is 0.423. The van der Waals surface area contributed by atoms with E-state index in [-0.39, 0.29) is 0 Å². The van der Waals surface area contributed by atoms with Crippen LogP contribution in [0.2, 0.25) is 5.02 Å². The van der Waals surface area contributed by atoms with Crippen LogP contribution in [0.25, 0.3) is 11.2 Å². The first kappa shape index (κ1) is 18.6. The average Bonchev–Trinajstić information content (AvgIpc) is 3.36. The van der Waals surface area contributed by atoms with Gasteiger partial charge in [0.2, 0.25) is 5.95 Å². The van der Waals surface area contributed by atoms with E-state index in [0.717, 1.165) is 49.3 Å². The van der Waals surface area contributed by atoms with Crippen molar-refractivity contribution in [2.75, 3.05) is 36.5 Å². The molecule has 9 heteroatoms. The highest BCUT2D eigenvalue weighted by Gasteiger charge is 2.40. The Morgan fingerprint density at radius 2 is 1.97 bits per heavy atom. The van der Waals surface area contributed by atoms with Gasteiger partial charge in [0.15, 0.2) is 22.8 Å². The van der Waals surface area contributed by atoms with Crippen molar-refractivity contribution < 1.29 is 9.47 Å². The van der Waals surface area contributed by atoms with Crippen LogP contribution >= 0.6 is 11.6 Å². The zero-order valence-corrected chi connectivity index (χ0v) is 17.0. The lowest BCUT2D eigenvalue weighted by atomic mass is 10.0. The highest BCUT2D eigenvalue weighted by Crippen LogP contribution is 2.33. The van der Waals surface area contributed by atoms with Crippen LogP contribution < -0.4 is 10.2 Å². The van der Waals surface area contributed by atoms with Gasteiger partial charge in [-0.15, -0.1) is 0 Å². The van der Waals surface area contributed by atoms with Gasteiger partial charge in [0.25, 0.3) is 0 Å². The Balaban J connectivity index is 1.49. The lowest BCUT2D eigenvalue weighted by molar-refractivity contribution is -0.169. The molecule has 2 fully saturated rings. The van der Waals surface area contributed by atoms with Gasteiger partial charge in [-0.05, 0) is 25.1 Å². The second-order valence-corrected chi connectivity index (χ2v) is 7.74. The molecule has 3 aromatic rings. The number of halogens is 1. The zero-order chi connectivity index (χ0) is 19.8. The molecule has 152 valence electrons. The van der Waals surface area contributed by atoms with E-state index in [1.807, 2.05) is 28.8 Å². The van der Waals surface area contributed by atoms with Crippen LogP contribution in [0.4, 0.5) is 17.5 Å². The summed E-state index contributed by atoms with van der Waals surface area (Å²) in [4.78, 5) is 16.4. The van der Waals surface area contributed by atoms with E-state index in [2.05, 4.69) is 22.1 Å². The van der Waals surface area contributed by atoms with Crippen LogP contribution in [0.1, 0.15) is 19.8 Å². The molecule has 2 saturated heterocycles. The molecule has 0 unspecified atom stereocenters. The van der Waals surface area contributed by atoms with Crippen LogP contribution in [0.15, 0.2) is 30.6 Å². The molecule has 1 spiro atoms. The molecule has 0 amide bonds. The van der Waals surface area contributed by atoms with Gasteiger partial charge in [0, 0.05) is 43.2 Å². The third-order valence-electron chi connectivity index (χ3n) is 5.50. The molecular weight excluding hydrogens is 392 g/mol. The number of aryl methyl sites for hydroxylation is 1. The molecule has 1 N–H and O–H groups in total. The zero-order valence-electron chi connectivity index (χ0n) is 16.3. The maximum absolute atomic E-state index is 6.14. The van der Waals surface area contributed by atoms with Gasteiger partial charge in [-0.2, -0.15) is 9.97 Å². The van der Waals surface area contributed by atoms with Crippen LogP contribution in [0, 0.1) is 0 Å². The summed E-state index contributed by atoms with van der Waals surface area (Å²) in [6, 6.07) is 7.57. The molecule has 8 nitrogen and oxygen atoms in total. The van der Waals surface area contributed by atoms with Crippen molar-refractivity contribution in [2.45, 2.75) is 32.1 Å². The minimum Gasteiger partial charge on any atom is -0.347 e. The van der Waals surface area contributed by atoms with Gasteiger partial charge >= 0.3 is 0 Å². The summed E-state index contributed by atoms with van der Waals surface area (Å²) >= 11 is 6.14. The Morgan fingerprint density at radius 1 is 1.17 bits per heavy atom. The van der Waals surface area contributed by atoms with Crippen molar-refractivity contribution in [1.82, 2.24) is 19.5 Å². The summed E-state index contributed by atoms with van der Waals surface area (Å²) in [6.07, 6.45) is 3.41. The SMILES string of the molecule is CCn1cnc2c(Nc3cccc(Cl)c3)nc(N3CCC4(CC3)OCCO4)nc21. The first-order chi connectivity index (χ1) is 14.2. The van der Waals surface area contributed by atoms with Crippen molar-refractivity contribution in [2.24, 2.45) is 0 Å². The van der Waals surface area contributed by atoms with Gasteiger partial charge in [-0.1, -0.05) is 17.7 Å². The van der Waals surface area contributed by atoms with Gasteiger partial charge in [-0.3, -0.25) is 0 Å². The molecule has 2 aromatic heterocycles. The normalized spacial score (nSPS) is 18.6. The van der Waals surface area contributed by atoms with Crippen LogP contribution in [0.3, 0.4) is 0 Å². The summed E-state index contributed by atoms with van der Waals surface area (Å²) in [5.41, 5.74) is 2.42. The largest absolute Gasteiger partial charge is 0.347 e. The predicted molar refractivity (Wildman–Crippen MR) is 112 cm³/mol. The summed E-state index contributed by atoms with van der Waals surface area (Å²) < 4.78 is 13.7. The first-order valence-electron chi connectivity index (χ1n) is 9.94. The maximum Gasteiger partial charge on any atom is 0.229 e. The van der Waals surface area contributed by atoms with E-state index >= 15 is 0 Å². The minimum atomic E-state index is -0.423. The molecule has 29 heavy (non-hydrogen) atoms. The molecule has 4 heterocycles. The van der Waals surface area contributed by atoms with E-state index in [4.69, 9.17) is 31.0 Å². The van der Waals surface area contributed by atoms with Crippen molar-refractivity contribution in [3.63, 3.8) is 0 Å². The molecule has 0 bridgehead atoms. The molecule has 2 aliphatic heterocycles. The Kier molecular flexibility index (Phi) is 4.77. The fraction of sp³-hybridized carbons (Fsp3) is 0.450. The third kappa shape index (κ3) is 3.52. The fourth-order valence-corrected chi connectivity index (χ4v) is 4.12. The summed E-state index contributed by atoms with van der Waals surface area (Å²) in [6.45, 7) is 5.77. The first-order valence-corrected chi connectivity index (χ1v) is 10.3. The number of aromatic nitrogens is 4. The van der Waals surface area contributed by atoms with Crippen molar-refractivity contribution in [3.05, 3.63) is 35.6 Å². The number of piperidine rings is 1. The van der Waals surface area contributed by atoms with Crippen molar-refractivity contribution >= 4 is 40.2 Å². The number of benzene rings is 1. The number of anilines is 3. The topological polar surface area (TPSA) is 77.3 Å². The number of imidazole rings is 1. The Morgan fingerprint density at radius 3 is 2.69 bits per heavy atom. The fourth-order valence-electron chi connectivity index (χ4n) is 3.93. The maximum atomic E-state index is 6.14. The van der Waals surface area contributed by atoms with E-state index in [1.165, 1.54) is 0 Å². The summed E-state index contributed by atoms with van der Waals surface area (Å²) in [5.74, 6) is 0.936. The van der Waals surface area contributed by atoms with E-state index < -0.39 is 5.79 Å². The monoisotopic (exact) mass is 414 g/mol. The standard InChI is InChI=1S/C20H23ClN6O2/c1-2-26-13-22-16-17(23-15-5-3-4-14(21)12-15)24-19(25-18(16)26)27-8-6-20(7-9-27)28-10-11-29-20/h3-5,12-13H,2,6-11H2,1H3,(H,23,24,25). The van der Waals surface area contributed by atoms with Crippen LogP contribution in [0.5, 0.6) is 0 Å². The van der Waals surface area contributed by atoms with Crippen molar-refractivity contribution in [3.8, 4) is 0 Å². The molecule has 0 radical (unpaired) electrons. The number of ether oxygens (including phenoxy) is 2. The molecule has 0 saturated carbocycles. The number of nitrogens with one attached hydrogen (secondary N) is 1. The molecule has 2 aliphatic rings. The Labute approximate surface area is 173 Å². The van der Waals surface area contributed by atoms with E-state index in [9.17, 15) is 0 Å². The lowest BCUT2D eigenvalue weighted by Gasteiger charge is -2.37. The highest BCUT2D eigenvalue weighted by atomic mass is 35.5. The Hall–Kier alpha value is -2.42. The average molecular weight is 415 g/mol. The number of fused-ring (bicyclic) bond motifs is 1. The van der Waals surface area contributed by atoms with Crippen molar-refractivity contribution in [1.29, 1.82) is 0 Å². The number of hydrogen-bond acceptors (Lipinski definition) is 7. The predicted octanol–water partition coefficient (Wildman–Crippen LogP) is 3.59. The second-order valence-electron chi connectivity index (χ2n) is 7.31. The lowest BCUT2D eigenvalue weighted by Crippen LogP contribution is -2.45. The molecule has 0 aliphatic carbocycles. The van der Waals surface area contributed by atoms with Gasteiger partial charge < -0.3 is 24.3 Å². The molecule has 5 rings (SSSR count). The number of nitrogens with zero attached hydrogens (tertiary/aromatic N) is 5. The third-order valence-corrected chi connectivity index (χ3v) is 5.74. The number of rotatable bonds is 4. The quantitative estimate of drug-likeness (QED) is 0.699. The van der Waals surface area contributed by atoms with Gasteiger partial charge in [0.05, 0.1) is 19.5 Å². The molecular formula is C20H23ClN6O2. The second kappa shape index (κ2) is 7.44. The van der Waals surface area contributed by atoms with E-state index in [1.54, 1.807) is 6.33 Å². The summed E-state index contributed by atoms with van der Waals surface area (Å²) in [7, 11) is 0. The highest BCUT2D eigenvalue weighted by molar-refractivity contribution is 6.30. The molecule has 0 atom stereocenters. The van der Waals surface area contributed by atoms with Gasteiger partial charge in [-0.25, -0.2) is 4.98 Å². The summed E-state index contributed by atoms with van der Waals surface area (Å²) in [5, 5.41) is 4.03. The van der Waals surface area contributed by atoms with Crippen LogP contribution in [-0.2, 0) is 16.0 Å². The molecule has 1 aromatic carbocycles. The Bertz CT molecular complexity index is 1020. The number of hydrogen-bond donors (Lipinski definition) is 1. The van der Waals surface area contributed by atoms with Gasteiger partial charge in [0.1, 0.15) is 0 Å².